The standard InChI is InChI=1S/C18H25NO3/c1-4-15(3)7-6-8-16(5-2)13-14-22-18-11-9-17(10-12-18)19(20)21/h7,9-13H,4-6,8,14H2,1-3H3. The minimum Gasteiger partial charge on any atom is -0.490 e. The average molecular weight is 303 g/mol. The molecule has 0 aliphatic rings. The highest BCUT2D eigenvalue weighted by Gasteiger charge is 2.03. The Bertz CT molecular complexity index is 530. The van der Waals surface area contributed by atoms with Gasteiger partial charge in [-0.25, -0.2) is 0 Å². The monoisotopic (exact) mass is 303 g/mol. The Balaban J connectivity index is 2.46. The Morgan fingerprint density at radius 1 is 1.18 bits per heavy atom. The molecular weight excluding hydrogens is 278 g/mol. The Labute approximate surface area is 132 Å². The van der Waals surface area contributed by atoms with Crippen LogP contribution in [0.25, 0.3) is 0 Å². The molecule has 0 spiro atoms. The van der Waals surface area contributed by atoms with Crippen LogP contribution in [0.2, 0.25) is 0 Å². The number of benzene rings is 1. The molecule has 0 saturated heterocycles. The quantitative estimate of drug-likeness (QED) is 0.346. The summed E-state index contributed by atoms with van der Waals surface area (Å²) in [6.45, 7) is 6.97. The molecule has 4 heteroatoms. The maximum atomic E-state index is 10.6. The summed E-state index contributed by atoms with van der Waals surface area (Å²) >= 11 is 0. The molecule has 120 valence electrons. The molecular formula is C18H25NO3. The molecule has 0 fully saturated rings. The third-order valence-corrected chi connectivity index (χ3v) is 3.64. The lowest BCUT2D eigenvalue weighted by molar-refractivity contribution is -0.384. The number of allylic oxidation sites excluding steroid dienone is 3. The predicted octanol–water partition coefficient (Wildman–Crippen LogP) is 5.45. The lowest BCUT2D eigenvalue weighted by Gasteiger charge is -2.06. The van der Waals surface area contributed by atoms with Crippen molar-refractivity contribution in [1.82, 2.24) is 0 Å². The number of nitrogens with zero attached hydrogens (tertiary/aromatic N) is 1. The van der Waals surface area contributed by atoms with Gasteiger partial charge in [-0.15, -0.1) is 0 Å². The Hall–Kier alpha value is -2.10. The van der Waals surface area contributed by atoms with E-state index in [0.29, 0.717) is 12.4 Å². The summed E-state index contributed by atoms with van der Waals surface area (Å²) in [4.78, 5) is 10.2. The largest absolute Gasteiger partial charge is 0.490 e. The van der Waals surface area contributed by atoms with E-state index in [0.717, 1.165) is 25.7 Å². The molecule has 0 unspecified atom stereocenters. The zero-order valence-electron chi connectivity index (χ0n) is 13.7. The second-order valence-corrected chi connectivity index (χ2v) is 5.22. The van der Waals surface area contributed by atoms with Gasteiger partial charge in [0.25, 0.3) is 5.69 Å². The van der Waals surface area contributed by atoms with Gasteiger partial charge in [0.1, 0.15) is 12.4 Å². The molecule has 1 rings (SSSR count). The highest BCUT2D eigenvalue weighted by Crippen LogP contribution is 2.18. The van der Waals surface area contributed by atoms with Gasteiger partial charge in [-0.05, 0) is 50.8 Å². The highest BCUT2D eigenvalue weighted by atomic mass is 16.6. The average Bonchev–Trinajstić information content (AvgIpc) is 2.53. The van der Waals surface area contributed by atoms with Crippen LogP contribution in [0.5, 0.6) is 5.75 Å². The van der Waals surface area contributed by atoms with Crippen LogP contribution < -0.4 is 4.74 Å². The van der Waals surface area contributed by atoms with Gasteiger partial charge in [0, 0.05) is 12.1 Å². The van der Waals surface area contributed by atoms with E-state index >= 15 is 0 Å². The van der Waals surface area contributed by atoms with Gasteiger partial charge in [-0.1, -0.05) is 31.1 Å². The number of ether oxygens (including phenoxy) is 1. The van der Waals surface area contributed by atoms with Crippen LogP contribution in [0.3, 0.4) is 0 Å². The second-order valence-electron chi connectivity index (χ2n) is 5.22. The Morgan fingerprint density at radius 3 is 2.41 bits per heavy atom. The lowest BCUT2D eigenvalue weighted by atomic mass is 10.1. The summed E-state index contributed by atoms with van der Waals surface area (Å²) in [5.74, 6) is 0.652. The van der Waals surface area contributed by atoms with Crippen LogP contribution in [0.1, 0.15) is 46.5 Å². The maximum absolute atomic E-state index is 10.6. The maximum Gasteiger partial charge on any atom is 0.269 e. The first-order valence-corrected chi connectivity index (χ1v) is 7.77. The van der Waals surface area contributed by atoms with E-state index in [4.69, 9.17) is 4.74 Å². The van der Waals surface area contributed by atoms with Gasteiger partial charge in [0.15, 0.2) is 0 Å². The summed E-state index contributed by atoms with van der Waals surface area (Å²) in [5.41, 5.74) is 2.88. The summed E-state index contributed by atoms with van der Waals surface area (Å²) in [5, 5.41) is 10.6. The van der Waals surface area contributed by atoms with Crippen molar-refractivity contribution in [2.45, 2.75) is 46.5 Å². The van der Waals surface area contributed by atoms with Gasteiger partial charge in [-0.2, -0.15) is 0 Å². The smallest absolute Gasteiger partial charge is 0.269 e. The summed E-state index contributed by atoms with van der Waals surface area (Å²) in [7, 11) is 0. The SMILES string of the molecule is CCC(C)=CCCC(=CCOc1ccc([N+](=O)[O-])cc1)CC. The first-order chi connectivity index (χ1) is 10.6. The van der Waals surface area contributed by atoms with Crippen molar-refractivity contribution in [1.29, 1.82) is 0 Å². The number of nitro benzene ring substituents is 1. The van der Waals surface area contributed by atoms with Crippen molar-refractivity contribution in [3.8, 4) is 5.75 Å². The fourth-order valence-electron chi connectivity index (χ4n) is 1.99. The summed E-state index contributed by atoms with van der Waals surface area (Å²) < 4.78 is 5.61. The summed E-state index contributed by atoms with van der Waals surface area (Å²) in [6, 6.07) is 6.17. The zero-order chi connectivity index (χ0) is 16.4. The van der Waals surface area contributed by atoms with Crippen molar-refractivity contribution < 1.29 is 9.66 Å². The fourth-order valence-corrected chi connectivity index (χ4v) is 1.99. The third-order valence-electron chi connectivity index (χ3n) is 3.64. The van der Waals surface area contributed by atoms with Crippen LogP contribution >= 0.6 is 0 Å². The molecule has 0 heterocycles. The summed E-state index contributed by atoms with van der Waals surface area (Å²) in [6.07, 6.45) is 8.64. The van der Waals surface area contributed by atoms with Crippen molar-refractivity contribution in [3.63, 3.8) is 0 Å². The molecule has 0 bridgehead atoms. The van der Waals surface area contributed by atoms with Crippen molar-refractivity contribution in [3.05, 3.63) is 57.7 Å². The number of nitro groups is 1. The number of hydrogen-bond donors (Lipinski definition) is 0. The Kier molecular flexibility index (Phi) is 7.97. The van der Waals surface area contributed by atoms with Gasteiger partial charge >= 0.3 is 0 Å². The van der Waals surface area contributed by atoms with E-state index in [1.54, 1.807) is 12.1 Å². The molecule has 0 aromatic heterocycles. The van der Waals surface area contributed by atoms with Crippen LogP contribution in [0.4, 0.5) is 5.69 Å². The molecule has 0 saturated carbocycles. The van der Waals surface area contributed by atoms with Crippen LogP contribution in [0, 0.1) is 10.1 Å². The van der Waals surface area contributed by atoms with Crippen molar-refractivity contribution in [2.24, 2.45) is 0 Å². The Morgan fingerprint density at radius 2 is 1.86 bits per heavy atom. The number of non-ortho nitro benzene ring substituents is 1. The number of hydrogen-bond acceptors (Lipinski definition) is 3. The molecule has 0 aliphatic heterocycles. The molecule has 0 radical (unpaired) electrons. The van der Waals surface area contributed by atoms with E-state index in [1.165, 1.54) is 23.3 Å². The first-order valence-electron chi connectivity index (χ1n) is 7.77. The molecule has 0 amide bonds. The van der Waals surface area contributed by atoms with E-state index in [2.05, 4.69) is 32.9 Å². The predicted molar refractivity (Wildman–Crippen MR) is 90.2 cm³/mol. The molecule has 0 N–H and O–H groups in total. The highest BCUT2D eigenvalue weighted by molar-refractivity contribution is 5.36. The molecule has 4 nitrogen and oxygen atoms in total. The topological polar surface area (TPSA) is 52.4 Å². The van der Waals surface area contributed by atoms with Crippen LogP contribution in [-0.2, 0) is 0 Å². The molecule has 1 aromatic rings. The first kappa shape index (κ1) is 18.0. The normalized spacial score (nSPS) is 12.3. The van der Waals surface area contributed by atoms with Gasteiger partial charge in [-0.3, -0.25) is 10.1 Å². The third kappa shape index (κ3) is 6.57. The van der Waals surface area contributed by atoms with Crippen molar-refractivity contribution >= 4 is 5.69 Å². The van der Waals surface area contributed by atoms with Crippen LogP contribution in [-0.4, -0.2) is 11.5 Å². The second kappa shape index (κ2) is 9.77. The zero-order valence-corrected chi connectivity index (χ0v) is 13.7. The van der Waals surface area contributed by atoms with Crippen molar-refractivity contribution in [2.75, 3.05) is 6.61 Å². The molecule has 22 heavy (non-hydrogen) atoms. The molecule has 0 atom stereocenters. The fraction of sp³-hybridized carbons (Fsp3) is 0.444. The minimum atomic E-state index is -0.412. The minimum absolute atomic E-state index is 0.0789. The number of rotatable bonds is 9. The van der Waals surface area contributed by atoms with Gasteiger partial charge < -0.3 is 4.74 Å². The molecule has 1 aromatic carbocycles. The van der Waals surface area contributed by atoms with Crippen LogP contribution in [0.15, 0.2) is 47.6 Å². The molecule has 0 aliphatic carbocycles. The van der Waals surface area contributed by atoms with Gasteiger partial charge in [0.2, 0.25) is 0 Å². The van der Waals surface area contributed by atoms with E-state index in [1.807, 2.05) is 0 Å². The van der Waals surface area contributed by atoms with E-state index in [9.17, 15) is 10.1 Å². The lowest BCUT2D eigenvalue weighted by Crippen LogP contribution is -1.96. The van der Waals surface area contributed by atoms with E-state index in [-0.39, 0.29) is 5.69 Å². The van der Waals surface area contributed by atoms with Gasteiger partial charge in [0.05, 0.1) is 4.92 Å². The van der Waals surface area contributed by atoms with E-state index < -0.39 is 4.92 Å².